The van der Waals surface area contributed by atoms with E-state index in [1.165, 1.54) is 4.88 Å². The lowest BCUT2D eigenvalue weighted by Crippen LogP contribution is -2.19. The highest BCUT2D eigenvalue weighted by Crippen LogP contribution is 2.37. The van der Waals surface area contributed by atoms with Gasteiger partial charge in [-0.3, -0.25) is 0 Å². The van der Waals surface area contributed by atoms with Gasteiger partial charge in [-0.2, -0.15) is 0 Å². The van der Waals surface area contributed by atoms with Crippen LogP contribution in [0.2, 0.25) is 0 Å². The van der Waals surface area contributed by atoms with Crippen molar-refractivity contribution in [3.8, 4) is 0 Å². The summed E-state index contributed by atoms with van der Waals surface area (Å²) in [6.45, 7) is 15.6. The second-order valence-electron chi connectivity index (χ2n) is 7.47. The van der Waals surface area contributed by atoms with Crippen LogP contribution in [0, 0.1) is 11.3 Å². The minimum atomic E-state index is -0.319. The van der Waals surface area contributed by atoms with E-state index in [1.807, 2.05) is 0 Å². The predicted octanol–water partition coefficient (Wildman–Crippen LogP) is 5.15. The fourth-order valence-electron chi connectivity index (χ4n) is 1.74. The number of aliphatic hydroxyl groups excluding tert-OH is 1. The lowest BCUT2D eigenvalue weighted by Gasteiger charge is -2.28. The van der Waals surface area contributed by atoms with Crippen LogP contribution < -0.4 is 0 Å². The molecule has 0 aromatic carbocycles. The van der Waals surface area contributed by atoms with Gasteiger partial charge in [0.1, 0.15) is 0 Å². The van der Waals surface area contributed by atoms with Gasteiger partial charge in [0.25, 0.3) is 0 Å². The van der Waals surface area contributed by atoms with Crippen molar-refractivity contribution in [2.45, 2.75) is 66.4 Å². The highest BCUT2D eigenvalue weighted by atomic mass is 32.1. The van der Waals surface area contributed by atoms with Gasteiger partial charge in [0.2, 0.25) is 0 Å². The van der Waals surface area contributed by atoms with Gasteiger partial charge in [-0.25, -0.2) is 0 Å². The minimum absolute atomic E-state index is 0.179. The lowest BCUT2D eigenvalue weighted by molar-refractivity contribution is 0.113. The molecule has 0 aliphatic heterocycles. The molecular weight excluding hydrogens is 240 g/mol. The number of rotatable bonds is 3. The Morgan fingerprint density at radius 2 is 1.67 bits per heavy atom. The van der Waals surface area contributed by atoms with E-state index in [0.29, 0.717) is 5.92 Å². The first kappa shape index (κ1) is 15.7. The largest absolute Gasteiger partial charge is 0.388 e. The molecule has 0 aliphatic rings. The van der Waals surface area contributed by atoms with E-state index in [0.717, 1.165) is 11.3 Å². The molecule has 0 radical (unpaired) electrons. The summed E-state index contributed by atoms with van der Waals surface area (Å²) in [6, 6.07) is 4.25. The summed E-state index contributed by atoms with van der Waals surface area (Å²) >= 11 is 1.75. The van der Waals surface area contributed by atoms with Crippen LogP contribution in [-0.4, -0.2) is 5.11 Å². The average molecular weight is 268 g/mol. The number of thiophene rings is 1. The topological polar surface area (TPSA) is 20.2 Å². The van der Waals surface area contributed by atoms with Crippen LogP contribution in [0.25, 0.3) is 0 Å². The third-order valence-corrected chi connectivity index (χ3v) is 5.36. The van der Waals surface area contributed by atoms with Crippen LogP contribution in [0.1, 0.15) is 70.7 Å². The molecule has 1 rings (SSSR count). The Labute approximate surface area is 116 Å². The van der Waals surface area contributed by atoms with E-state index < -0.39 is 0 Å². The Bertz CT molecular complexity index is 379. The van der Waals surface area contributed by atoms with E-state index in [2.05, 4.69) is 60.6 Å². The SMILES string of the molecule is CC(CC(O)c1ccc(C(C)(C)C)s1)C(C)(C)C. The Hall–Kier alpha value is -0.340. The summed E-state index contributed by atoms with van der Waals surface area (Å²) in [5.74, 6) is 0.507. The average Bonchev–Trinajstić information content (AvgIpc) is 2.63. The van der Waals surface area contributed by atoms with Crippen molar-refractivity contribution >= 4 is 11.3 Å². The molecule has 104 valence electrons. The van der Waals surface area contributed by atoms with Crippen molar-refractivity contribution in [1.29, 1.82) is 0 Å². The monoisotopic (exact) mass is 268 g/mol. The van der Waals surface area contributed by atoms with E-state index in [4.69, 9.17) is 0 Å². The van der Waals surface area contributed by atoms with Gasteiger partial charge in [-0.1, -0.05) is 48.5 Å². The van der Waals surface area contributed by atoms with Crippen LogP contribution in [0.15, 0.2) is 12.1 Å². The zero-order chi connectivity index (χ0) is 14.1. The molecular formula is C16H28OS. The first-order valence-corrected chi connectivity index (χ1v) is 7.61. The van der Waals surface area contributed by atoms with Crippen LogP contribution in [0.3, 0.4) is 0 Å². The van der Waals surface area contributed by atoms with Crippen molar-refractivity contribution in [3.63, 3.8) is 0 Å². The zero-order valence-electron chi connectivity index (χ0n) is 12.9. The van der Waals surface area contributed by atoms with Crippen LogP contribution in [-0.2, 0) is 5.41 Å². The Morgan fingerprint density at radius 3 is 2.06 bits per heavy atom. The second-order valence-corrected chi connectivity index (χ2v) is 8.59. The van der Waals surface area contributed by atoms with Gasteiger partial charge < -0.3 is 5.11 Å². The maximum atomic E-state index is 10.3. The highest BCUT2D eigenvalue weighted by molar-refractivity contribution is 7.12. The van der Waals surface area contributed by atoms with Crippen molar-refractivity contribution in [3.05, 3.63) is 21.9 Å². The molecule has 0 bridgehead atoms. The first-order chi connectivity index (χ1) is 8.01. The van der Waals surface area contributed by atoms with Crippen LogP contribution >= 0.6 is 11.3 Å². The van der Waals surface area contributed by atoms with E-state index >= 15 is 0 Å². The zero-order valence-corrected chi connectivity index (χ0v) is 13.7. The van der Waals surface area contributed by atoms with Crippen molar-refractivity contribution in [2.75, 3.05) is 0 Å². The van der Waals surface area contributed by atoms with Gasteiger partial charge in [-0.15, -0.1) is 11.3 Å². The smallest absolute Gasteiger partial charge is 0.0884 e. The third-order valence-electron chi connectivity index (χ3n) is 3.75. The summed E-state index contributed by atoms with van der Waals surface area (Å²) in [5.41, 5.74) is 0.434. The van der Waals surface area contributed by atoms with E-state index in [1.54, 1.807) is 11.3 Å². The molecule has 1 aromatic rings. The van der Waals surface area contributed by atoms with E-state index in [-0.39, 0.29) is 16.9 Å². The molecule has 1 N–H and O–H groups in total. The summed E-state index contributed by atoms with van der Waals surface area (Å²) < 4.78 is 0. The molecule has 0 amide bonds. The van der Waals surface area contributed by atoms with Gasteiger partial charge in [0, 0.05) is 9.75 Å². The number of aliphatic hydroxyl groups is 1. The molecule has 0 saturated carbocycles. The van der Waals surface area contributed by atoms with E-state index in [9.17, 15) is 5.11 Å². The standard InChI is InChI=1S/C16H28OS/c1-11(15(2,3)4)10-12(17)13-8-9-14(18-13)16(5,6)7/h8-9,11-12,17H,10H2,1-7H3. The van der Waals surface area contributed by atoms with Crippen molar-refractivity contribution < 1.29 is 5.11 Å². The van der Waals surface area contributed by atoms with Gasteiger partial charge in [0.15, 0.2) is 0 Å². The summed E-state index contributed by atoms with van der Waals surface area (Å²) in [6.07, 6.45) is 0.522. The van der Waals surface area contributed by atoms with Crippen LogP contribution in [0.5, 0.6) is 0 Å². The maximum absolute atomic E-state index is 10.3. The maximum Gasteiger partial charge on any atom is 0.0884 e. The Morgan fingerprint density at radius 1 is 1.11 bits per heavy atom. The molecule has 18 heavy (non-hydrogen) atoms. The molecule has 0 aliphatic carbocycles. The summed E-state index contributed by atoms with van der Waals surface area (Å²) in [4.78, 5) is 2.45. The lowest BCUT2D eigenvalue weighted by atomic mass is 9.79. The Balaban J connectivity index is 2.74. The molecule has 0 spiro atoms. The molecule has 0 fully saturated rings. The summed E-state index contributed by atoms with van der Waals surface area (Å²) in [5, 5.41) is 10.3. The molecule has 1 heterocycles. The fourth-order valence-corrected chi connectivity index (χ4v) is 2.80. The molecule has 0 saturated heterocycles. The fraction of sp³-hybridized carbons (Fsp3) is 0.750. The molecule has 1 aromatic heterocycles. The van der Waals surface area contributed by atoms with Crippen LogP contribution in [0.4, 0.5) is 0 Å². The molecule has 2 atom stereocenters. The predicted molar refractivity (Wildman–Crippen MR) is 81.2 cm³/mol. The molecule has 2 heteroatoms. The van der Waals surface area contributed by atoms with Crippen molar-refractivity contribution in [2.24, 2.45) is 11.3 Å². The first-order valence-electron chi connectivity index (χ1n) is 6.80. The summed E-state index contributed by atoms with van der Waals surface area (Å²) in [7, 11) is 0. The second kappa shape index (κ2) is 5.34. The normalized spacial score (nSPS) is 16.7. The highest BCUT2D eigenvalue weighted by Gasteiger charge is 2.25. The van der Waals surface area contributed by atoms with Gasteiger partial charge >= 0.3 is 0 Å². The van der Waals surface area contributed by atoms with Gasteiger partial charge in [-0.05, 0) is 35.3 Å². The minimum Gasteiger partial charge on any atom is -0.388 e. The molecule has 1 nitrogen and oxygen atoms in total. The number of hydrogen-bond acceptors (Lipinski definition) is 2. The Kier molecular flexibility index (Phi) is 4.66. The van der Waals surface area contributed by atoms with Crippen molar-refractivity contribution in [1.82, 2.24) is 0 Å². The van der Waals surface area contributed by atoms with Gasteiger partial charge in [0.05, 0.1) is 6.10 Å². The quantitative estimate of drug-likeness (QED) is 0.803. The number of hydrogen-bond donors (Lipinski definition) is 1. The third kappa shape index (κ3) is 4.10. The molecule has 2 unspecified atom stereocenters.